The molecule has 88 valence electrons. The molecule has 1 heterocycles. The van der Waals surface area contributed by atoms with Gasteiger partial charge in [0, 0.05) is 25.3 Å². The van der Waals surface area contributed by atoms with Gasteiger partial charge < -0.3 is 10.1 Å². The Morgan fingerprint density at radius 1 is 1.31 bits per heavy atom. The number of benzene rings is 1. The fourth-order valence-electron chi connectivity index (χ4n) is 2.43. The maximum Gasteiger partial charge on any atom is 0.0395 e. The molecule has 0 bridgehead atoms. The fourth-order valence-corrected chi connectivity index (χ4v) is 2.43. The molecule has 1 fully saturated rings. The number of nitrogens with zero attached hydrogens (tertiary/aromatic N) is 1. The molecular weight excluding hydrogens is 200 g/mol. The van der Waals surface area contributed by atoms with E-state index in [-0.39, 0.29) is 0 Å². The fraction of sp³-hybridized carbons (Fsp3) is 0.538. The maximum atomic E-state index is 8.68. The van der Waals surface area contributed by atoms with E-state index in [4.69, 9.17) is 5.21 Å². The number of piperidine rings is 1. The Morgan fingerprint density at radius 2 is 2.00 bits per heavy atom. The lowest BCUT2D eigenvalue weighted by atomic mass is 9.96. The number of hydrogen-bond acceptors (Lipinski definition) is 3. The van der Waals surface area contributed by atoms with E-state index in [1.165, 1.54) is 11.3 Å². The normalized spacial score (nSPS) is 17.8. The van der Waals surface area contributed by atoms with Crippen LogP contribution in [0.4, 0.5) is 5.69 Å². The van der Waals surface area contributed by atoms with Crippen molar-refractivity contribution in [1.29, 1.82) is 0 Å². The van der Waals surface area contributed by atoms with Crippen LogP contribution in [0.2, 0.25) is 0 Å². The summed E-state index contributed by atoms with van der Waals surface area (Å²) in [4.78, 5) is 2.45. The lowest BCUT2D eigenvalue weighted by molar-refractivity contribution is 0.142. The lowest BCUT2D eigenvalue weighted by Crippen LogP contribution is -2.37. The van der Waals surface area contributed by atoms with E-state index >= 15 is 0 Å². The van der Waals surface area contributed by atoms with E-state index in [1.807, 2.05) is 0 Å². The predicted octanol–water partition coefficient (Wildman–Crippen LogP) is 2.19. The first-order chi connectivity index (χ1) is 7.81. The topological polar surface area (TPSA) is 35.5 Å². The average molecular weight is 220 g/mol. The van der Waals surface area contributed by atoms with Crippen molar-refractivity contribution in [2.24, 2.45) is 5.92 Å². The van der Waals surface area contributed by atoms with Crippen LogP contribution < -0.4 is 10.4 Å². The van der Waals surface area contributed by atoms with Gasteiger partial charge in [-0.3, -0.25) is 0 Å². The number of anilines is 1. The molecule has 0 atom stereocenters. The van der Waals surface area contributed by atoms with Gasteiger partial charge in [-0.05, 0) is 37.3 Å². The van der Waals surface area contributed by atoms with Crippen molar-refractivity contribution >= 4 is 5.69 Å². The number of hydrogen-bond donors (Lipinski definition) is 2. The molecule has 0 radical (unpaired) electrons. The second-order valence-electron chi connectivity index (χ2n) is 4.58. The van der Waals surface area contributed by atoms with Gasteiger partial charge in [0.05, 0.1) is 0 Å². The van der Waals surface area contributed by atoms with Crippen molar-refractivity contribution in [3.8, 4) is 0 Å². The van der Waals surface area contributed by atoms with E-state index in [2.05, 4.69) is 41.6 Å². The maximum absolute atomic E-state index is 8.68. The van der Waals surface area contributed by atoms with Gasteiger partial charge >= 0.3 is 0 Å². The Hall–Kier alpha value is -1.06. The molecule has 1 aliphatic heterocycles. The SMILES string of the molecule is Cc1ccccc1N1CCC(CNO)CC1. The van der Waals surface area contributed by atoms with Crippen LogP contribution in [-0.2, 0) is 0 Å². The molecule has 16 heavy (non-hydrogen) atoms. The van der Waals surface area contributed by atoms with Gasteiger partial charge in [-0.15, -0.1) is 0 Å². The minimum Gasteiger partial charge on any atom is -0.371 e. The predicted molar refractivity (Wildman–Crippen MR) is 65.9 cm³/mol. The number of rotatable bonds is 3. The second-order valence-corrected chi connectivity index (χ2v) is 4.58. The van der Waals surface area contributed by atoms with E-state index in [0.717, 1.165) is 32.5 Å². The average Bonchev–Trinajstić information content (AvgIpc) is 2.31. The highest BCUT2D eigenvalue weighted by Crippen LogP contribution is 2.25. The monoisotopic (exact) mass is 220 g/mol. The Kier molecular flexibility index (Phi) is 3.80. The van der Waals surface area contributed by atoms with Crippen molar-refractivity contribution < 1.29 is 5.21 Å². The molecule has 0 spiro atoms. The third kappa shape index (κ3) is 2.54. The van der Waals surface area contributed by atoms with Gasteiger partial charge in [0.1, 0.15) is 0 Å². The third-order valence-electron chi connectivity index (χ3n) is 3.45. The van der Waals surface area contributed by atoms with Crippen LogP contribution in [-0.4, -0.2) is 24.8 Å². The number of aryl methyl sites for hydroxylation is 1. The number of nitrogens with one attached hydrogen (secondary N) is 1. The zero-order chi connectivity index (χ0) is 11.4. The summed E-state index contributed by atoms with van der Waals surface area (Å²) in [5, 5.41) is 8.68. The lowest BCUT2D eigenvalue weighted by Gasteiger charge is -2.34. The first kappa shape index (κ1) is 11.4. The largest absolute Gasteiger partial charge is 0.371 e. The van der Waals surface area contributed by atoms with Gasteiger partial charge in [0.2, 0.25) is 0 Å². The van der Waals surface area contributed by atoms with Crippen LogP contribution in [0.5, 0.6) is 0 Å². The van der Waals surface area contributed by atoms with Crippen molar-refractivity contribution in [1.82, 2.24) is 5.48 Å². The van der Waals surface area contributed by atoms with E-state index in [0.29, 0.717) is 5.92 Å². The van der Waals surface area contributed by atoms with Crippen LogP contribution in [0.1, 0.15) is 18.4 Å². The van der Waals surface area contributed by atoms with Gasteiger partial charge in [-0.25, -0.2) is 5.48 Å². The van der Waals surface area contributed by atoms with Gasteiger partial charge in [-0.1, -0.05) is 18.2 Å². The Labute approximate surface area is 97.0 Å². The number of para-hydroxylation sites is 1. The molecule has 0 aromatic heterocycles. The molecular formula is C13H20N2O. The Balaban J connectivity index is 1.96. The summed E-state index contributed by atoms with van der Waals surface area (Å²) in [6, 6.07) is 8.54. The van der Waals surface area contributed by atoms with Crippen molar-refractivity contribution in [3.63, 3.8) is 0 Å². The Bertz CT molecular complexity index is 332. The summed E-state index contributed by atoms with van der Waals surface area (Å²) in [6.07, 6.45) is 2.31. The molecule has 1 aromatic rings. The van der Waals surface area contributed by atoms with Crippen LogP contribution in [0.3, 0.4) is 0 Å². The molecule has 0 amide bonds. The molecule has 0 saturated carbocycles. The minimum absolute atomic E-state index is 0.616. The van der Waals surface area contributed by atoms with Crippen LogP contribution in [0.15, 0.2) is 24.3 Å². The molecule has 2 rings (SSSR count). The molecule has 3 nitrogen and oxygen atoms in total. The molecule has 0 aliphatic carbocycles. The van der Waals surface area contributed by atoms with Crippen molar-refractivity contribution in [2.75, 3.05) is 24.5 Å². The summed E-state index contributed by atoms with van der Waals surface area (Å²) in [5.74, 6) is 0.616. The third-order valence-corrected chi connectivity index (χ3v) is 3.45. The second kappa shape index (κ2) is 5.32. The quantitative estimate of drug-likeness (QED) is 0.766. The first-order valence-electron chi connectivity index (χ1n) is 5.99. The summed E-state index contributed by atoms with van der Waals surface area (Å²) in [6.45, 7) is 5.08. The van der Waals surface area contributed by atoms with Crippen LogP contribution in [0, 0.1) is 12.8 Å². The van der Waals surface area contributed by atoms with Crippen molar-refractivity contribution in [2.45, 2.75) is 19.8 Å². The first-order valence-corrected chi connectivity index (χ1v) is 5.99. The van der Waals surface area contributed by atoms with Gasteiger partial charge in [-0.2, -0.15) is 0 Å². The zero-order valence-electron chi connectivity index (χ0n) is 9.82. The van der Waals surface area contributed by atoms with Gasteiger partial charge in [0.25, 0.3) is 0 Å². The Morgan fingerprint density at radius 3 is 2.62 bits per heavy atom. The van der Waals surface area contributed by atoms with E-state index < -0.39 is 0 Å². The van der Waals surface area contributed by atoms with Crippen LogP contribution in [0.25, 0.3) is 0 Å². The number of hydroxylamine groups is 1. The van der Waals surface area contributed by atoms with E-state index in [1.54, 1.807) is 0 Å². The molecule has 1 aromatic carbocycles. The van der Waals surface area contributed by atoms with Crippen molar-refractivity contribution in [3.05, 3.63) is 29.8 Å². The highest BCUT2D eigenvalue weighted by Gasteiger charge is 2.19. The zero-order valence-corrected chi connectivity index (χ0v) is 9.82. The summed E-state index contributed by atoms with van der Waals surface area (Å²) in [5.41, 5.74) is 4.99. The standard InChI is InChI=1S/C13H20N2O/c1-11-4-2-3-5-13(11)15-8-6-12(7-9-15)10-14-16/h2-5,12,14,16H,6-10H2,1H3. The molecule has 3 heteroatoms. The minimum atomic E-state index is 0.616. The highest BCUT2D eigenvalue weighted by molar-refractivity contribution is 5.53. The summed E-state index contributed by atoms with van der Waals surface area (Å²) in [7, 11) is 0. The summed E-state index contributed by atoms with van der Waals surface area (Å²) >= 11 is 0. The molecule has 1 aliphatic rings. The van der Waals surface area contributed by atoms with E-state index in [9.17, 15) is 0 Å². The highest BCUT2D eigenvalue weighted by atomic mass is 16.5. The summed E-state index contributed by atoms with van der Waals surface area (Å²) < 4.78 is 0. The molecule has 1 saturated heterocycles. The van der Waals surface area contributed by atoms with Gasteiger partial charge in [0.15, 0.2) is 0 Å². The molecule has 0 unspecified atom stereocenters. The smallest absolute Gasteiger partial charge is 0.0395 e. The van der Waals surface area contributed by atoms with Crippen LogP contribution >= 0.6 is 0 Å². The molecule has 2 N–H and O–H groups in total.